The molecule has 0 radical (unpaired) electrons. The molecule has 206 valence electrons. The number of carboxylic acids is 2. The van der Waals surface area contributed by atoms with Gasteiger partial charge in [-0.05, 0) is 54.6 Å². The first-order valence-corrected chi connectivity index (χ1v) is 11.4. The fourth-order valence-corrected chi connectivity index (χ4v) is 3.76. The van der Waals surface area contributed by atoms with Gasteiger partial charge in [-0.3, -0.25) is 4.79 Å². The van der Waals surface area contributed by atoms with E-state index >= 15 is 0 Å². The maximum absolute atomic E-state index is 14.1. The number of halogens is 5. The van der Waals surface area contributed by atoms with Crippen molar-refractivity contribution >= 4 is 34.9 Å². The number of para-hydroxylation sites is 1. The minimum absolute atomic E-state index is 0.0567. The Labute approximate surface area is 218 Å². The van der Waals surface area contributed by atoms with Gasteiger partial charge in [0.15, 0.2) is 0 Å². The van der Waals surface area contributed by atoms with Crippen LogP contribution >= 0.6 is 0 Å². The number of aliphatic carboxylic acids is 1. The number of aromatic carboxylic acids is 1. The Hall–Kier alpha value is -4.68. The molecule has 0 aromatic heterocycles. The van der Waals surface area contributed by atoms with Crippen molar-refractivity contribution in [3.8, 4) is 0 Å². The maximum atomic E-state index is 14.1. The van der Waals surface area contributed by atoms with Crippen molar-refractivity contribution in [1.29, 1.82) is 0 Å². The third kappa shape index (κ3) is 7.66. The topological polar surface area (TPSA) is 110 Å². The van der Waals surface area contributed by atoms with Crippen molar-refractivity contribution in [2.75, 3.05) is 41.3 Å². The highest BCUT2D eigenvalue weighted by Gasteiger charge is 2.38. The quantitative estimate of drug-likeness (QED) is 0.388. The molecule has 0 atom stereocenters. The monoisotopic (exact) mass is 551 g/mol. The Morgan fingerprint density at radius 2 is 1.31 bits per heavy atom. The highest BCUT2D eigenvalue weighted by molar-refractivity contribution is 6.05. The number of rotatable bonds is 5. The van der Waals surface area contributed by atoms with Gasteiger partial charge in [0.25, 0.3) is 5.91 Å². The average Bonchev–Trinajstić information content (AvgIpc) is 2.89. The summed E-state index contributed by atoms with van der Waals surface area (Å²) >= 11 is 0. The molecule has 0 spiro atoms. The van der Waals surface area contributed by atoms with Gasteiger partial charge in [0.2, 0.25) is 0 Å². The van der Waals surface area contributed by atoms with Crippen molar-refractivity contribution in [3.63, 3.8) is 0 Å². The lowest BCUT2D eigenvalue weighted by Gasteiger charge is -2.38. The number of carbonyl (C=O) groups is 3. The molecule has 0 unspecified atom stereocenters. The fourth-order valence-electron chi connectivity index (χ4n) is 3.76. The summed E-state index contributed by atoms with van der Waals surface area (Å²) < 4.78 is 58.9. The Bertz CT molecular complexity index is 1340. The summed E-state index contributed by atoms with van der Waals surface area (Å²) in [4.78, 5) is 37.0. The number of carboxylic acid groups (broad SMARTS) is 2. The predicted octanol–water partition coefficient (Wildman–Crippen LogP) is 4.88. The van der Waals surface area contributed by atoms with Crippen LogP contribution in [-0.2, 0) is 4.79 Å². The summed E-state index contributed by atoms with van der Waals surface area (Å²) in [6, 6.07) is 16.3. The Kier molecular flexibility index (Phi) is 9.07. The number of benzene rings is 3. The normalized spacial score (nSPS) is 13.3. The lowest BCUT2D eigenvalue weighted by molar-refractivity contribution is -0.192. The molecule has 8 nitrogen and oxygen atoms in total. The molecular weight excluding hydrogens is 529 g/mol. The van der Waals surface area contributed by atoms with Gasteiger partial charge in [-0.15, -0.1) is 0 Å². The van der Waals surface area contributed by atoms with Gasteiger partial charge in [-0.25, -0.2) is 18.4 Å². The molecular formula is C26H22F5N3O5. The van der Waals surface area contributed by atoms with E-state index in [9.17, 15) is 36.6 Å². The molecule has 4 rings (SSSR count). The summed E-state index contributed by atoms with van der Waals surface area (Å²) in [5.74, 6) is -5.07. The minimum Gasteiger partial charge on any atom is -0.478 e. The second-order valence-corrected chi connectivity index (χ2v) is 8.23. The molecule has 1 saturated heterocycles. The number of nitrogens with zero attached hydrogens (tertiary/aromatic N) is 2. The molecule has 0 aliphatic carbocycles. The number of carbonyl (C=O) groups excluding carboxylic acids is 1. The van der Waals surface area contributed by atoms with E-state index < -0.39 is 29.8 Å². The van der Waals surface area contributed by atoms with Crippen LogP contribution in [0.3, 0.4) is 0 Å². The Morgan fingerprint density at radius 1 is 0.769 bits per heavy atom. The zero-order valence-electron chi connectivity index (χ0n) is 20.1. The van der Waals surface area contributed by atoms with Crippen molar-refractivity contribution in [2.24, 2.45) is 0 Å². The SMILES string of the molecule is O=C(Nc1ccc(N2CCN(c3ccccc3F)CC2)c(C(=O)O)c1)c1ccc(F)cc1.O=C(O)C(F)(F)F. The molecule has 3 aromatic carbocycles. The van der Waals surface area contributed by atoms with E-state index in [4.69, 9.17) is 9.90 Å². The lowest BCUT2D eigenvalue weighted by atomic mass is 10.1. The molecule has 13 heteroatoms. The first kappa shape index (κ1) is 28.9. The summed E-state index contributed by atoms with van der Waals surface area (Å²) in [6.07, 6.45) is -5.08. The number of nitrogens with one attached hydrogen (secondary N) is 1. The Balaban J connectivity index is 0.000000532. The van der Waals surface area contributed by atoms with Crippen LogP contribution in [-0.4, -0.2) is 60.4 Å². The van der Waals surface area contributed by atoms with Crippen LogP contribution in [0.5, 0.6) is 0 Å². The fraction of sp³-hybridized carbons (Fsp3) is 0.192. The van der Waals surface area contributed by atoms with Crippen LogP contribution in [0.15, 0.2) is 66.7 Å². The van der Waals surface area contributed by atoms with E-state index in [0.29, 0.717) is 43.2 Å². The third-order valence-electron chi connectivity index (χ3n) is 5.65. The number of hydrogen-bond donors (Lipinski definition) is 3. The van der Waals surface area contributed by atoms with Gasteiger partial charge in [-0.1, -0.05) is 12.1 Å². The van der Waals surface area contributed by atoms with Gasteiger partial charge in [0.05, 0.1) is 16.9 Å². The van der Waals surface area contributed by atoms with Crippen LogP contribution < -0.4 is 15.1 Å². The van der Waals surface area contributed by atoms with Gasteiger partial charge in [0, 0.05) is 37.4 Å². The number of amides is 1. The van der Waals surface area contributed by atoms with Crippen LogP contribution in [0, 0.1) is 11.6 Å². The standard InChI is InChI=1S/C24H21F2N3O3.C2HF3O2/c25-17-7-5-16(6-8-17)23(30)27-18-9-10-21(19(15-18)24(31)32)28-11-13-29(14-12-28)22-4-2-1-3-20(22)26;3-2(4,5)1(6)7/h1-10,15H,11-14H2,(H,27,30)(H,31,32);(H,6,7). The van der Waals surface area contributed by atoms with E-state index in [2.05, 4.69) is 5.32 Å². The summed E-state index contributed by atoms with van der Waals surface area (Å²) in [7, 11) is 0. The second-order valence-electron chi connectivity index (χ2n) is 8.23. The summed E-state index contributed by atoms with van der Waals surface area (Å²) in [6.45, 7) is 2.14. The average molecular weight is 551 g/mol. The third-order valence-corrected chi connectivity index (χ3v) is 5.65. The number of piperazine rings is 1. The van der Waals surface area contributed by atoms with Gasteiger partial charge < -0.3 is 25.3 Å². The van der Waals surface area contributed by atoms with Gasteiger partial charge >= 0.3 is 18.1 Å². The highest BCUT2D eigenvalue weighted by atomic mass is 19.4. The molecule has 1 aliphatic heterocycles. The van der Waals surface area contributed by atoms with Crippen molar-refractivity contribution in [2.45, 2.75) is 6.18 Å². The number of alkyl halides is 3. The first-order valence-electron chi connectivity index (χ1n) is 11.4. The number of anilines is 3. The van der Waals surface area contributed by atoms with E-state index in [1.807, 2.05) is 9.80 Å². The van der Waals surface area contributed by atoms with Gasteiger partial charge in [0.1, 0.15) is 11.6 Å². The molecule has 1 amide bonds. The van der Waals surface area contributed by atoms with Crippen molar-refractivity contribution < 1.29 is 46.5 Å². The largest absolute Gasteiger partial charge is 0.490 e. The minimum atomic E-state index is -5.08. The van der Waals surface area contributed by atoms with Crippen LogP contribution in [0.1, 0.15) is 20.7 Å². The van der Waals surface area contributed by atoms with Crippen LogP contribution in [0.25, 0.3) is 0 Å². The molecule has 1 fully saturated rings. The molecule has 1 aliphatic rings. The molecule has 3 N–H and O–H groups in total. The summed E-state index contributed by atoms with van der Waals surface area (Å²) in [5.41, 5.74) is 1.71. The molecule has 0 bridgehead atoms. The van der Waals surface area contributed by atoms with Crippen LogP contribution in [0.2, 0.25) is 0 Å². The zero-order chi connectivity index (χ0) is 28.7. The van der Waals surface area contributed by atoms with E-state index in [1.165, 1.54) is 36.4 Å². The Morgan fingerprint density at radius 3 is 1.82 bits per heavy atom. The smallest absolute Gasteiger partial charge is 0.478 e. The summed E-state index contributed by atoms with van der Waals surface area (Å²) in [5, 5.41) is 19.5. The van der Waals surface area contributed by atoms with Crippen LogP contribution in [0.4, 0.5) is 39.0 Å². The van der Waals surface area contributed by atoms with Gasteiger partial charge in [-0.2, -0.15) is 13.2 Å². The van der Waals surface area contributed by atoms with E-state index in [0.717, 1.165) is 0 Å². The molecule has 0 saturated carbocycles. The second kappa shape index (κ2) is 12.2. The zero-order valence-corrected chi connectivity index (χ0v) is 20.1. The predicted molar refractivity (Wildman–Crippen MR) is 132 cm³/mol. The van der Waals surface area contributed by atoms with Crippen molar-refractivity contribution in [3.05, 3.63) is 89.5 Å². The number of hydrogen-bond acceptors (Lipinski definition) is 5. The lowest BCUT2D eigenvalue weighted by Crippen LogP contribution is -2.47. The maximum Gasteiger partial charge on any atom is 0.490 e. The molecule has 39 heavy (non-hydrogen) atoms. The van der Waals surface area contributed by atoms with E-state index in [-0.39, 0.29) is 16.9 Å². The first-order chi connectivity index (χ1) is 18.4. The highest BCUT2D eigenvalue weighted by Crippen LogP contribution is 2.28. The molecule has 3 aromatic rings. The van der Waals surface area contributed by atoms with Crippen molar-refractivity contribution in [1.82, 2.24) is 0 Å². The molecule has 1 heterocycles. The van der Waals surface area contributed by atoms with E-state index in [1.54, 1.807) is 30.3 Å².